The zero-order valence-electron chi connectivity index (χ0n) is 20.3. The number of sulfone groups is 1. The molecule has 0 N–H and O–H groups in total. The molecule has 2 aliphatic heterocycles. The van der Waals surface area contributed by atoms with Crippen molar-refractivity contribution >= 4 is 33.0 Å². The Balaban J connectivity index is 1.66. The first-order valence-electron chi connectivity index (χ1n) is 11.5. The molecule has 34 heavy (non-hydrogen) atoms. The monoisotopic (exact) mass is 486 g/mol. The first kappa shape index (κ1) is 24.5. The smallest absolute Gasteiger partial charge is 0.242 e. The van der Waals surface area contributed by atoms with E-state index in [1.807, 2.05) is 6.92 Å². The fourth-order valence-electron chi connectivity index (χ4n) is 4.74. The lowest BCUT2D eigenvalue weighted by Gasteiger charge is -2.32. The van der Waals surface area contributed by atoms with Gasteiger partial charge in [0, 0.05) is 18.2 Å². The van der Waals surface area contributed by atoms with Gasteiger partial charge in [0.25, 0.3) is 0 Å². The third kappa shape index (κ3) is 4.40. The van der Waals surface area contributed by atoms with Crippen LogP contribution < -0.4 is 4.90 Å². The Bertz CT molecular complexity index is 1260. The van der Waals surface area contributed by atoms with Crippen LogP contribution in [-0.2, 0) is 25.7 Å². The van der Waals surface area contributed by atoms with Gasteiger partial charge < -0.3 is 0 Å². The number of Topliss-reactive ketones (excluding diaryl/α,β-unsaturated/α-hetero) is 1. The molecular formula is C26H31FN2O4S. The van der Waals surface area contributed by atoms with Crippen molar-refractivity contribution in [2.24, 2.45) is 5.41 Å². The van der Waals surface area contributed by atoms with Gasteiger partial charge >= 0.3 is 0 Å². The molecule has 0 radical (unpaired) electrons. The van der Waals surface area contributed by atoms with E-state index in [-0.39, 0.29) is 35.0 Å². The number of halogens is 1. The Hall–Kier alpha value is -2.61. The number of hydrogen-bond donors (Lipinski definition) is 0. The van der Waals surface area contributed by atoms with Crippen molar-refractivity contribution in [2.45, 2.75) is 65.0 Å². The Morgan fingerprint density at radius 1 is 1.12 bits per heavy atom. The van der Waals surface area contributed by atoms with E-state index in [0.717, 1.165) is 0 Å². The van der Waals surface area contributed by atoms with Crippen LogP contribution in [0.4, 0.5) is 15.9 Å². The molecule has 1 fully saturated rings. The van der Waals surface area contributed by atoms with E-state index in [4.69, 9.17) is 0 Å². The van der Waals surface area contributed by atoms with E-state index >= 15 is 0 Å². The van der Waals surface area contributed by atoms with Crippen molar-refractivity contribution in [3.8, 4) is 0 Å². The van der Waals surface area contributed by atoms with Gasteiger partial charge in [-0.15, -0.1) is 0 Å². The molecular weight excluding hydrogens is 455 g/mol. The number of aromatic nitrogens is 1. The third-order valence-electron chi connectivity index (χ3n) is 7.25. The predicted octanol–water partition coefficient (Wildman–Crippen LogP) is 5.03. The zero-order valence-corrected chi connectivity index (χ0v) is 21.1. The van der Waals surface area contributed by atoms with E-state index < -0.39 is 20.9 Å². The average Bonchev–Trinajstić information content (AvgIpc) is 2.95. The van der Waals surface area contributed by atoms with E-state index in [0.29, 0.717) is 41.0 Å². The highest BCUT2D eigenvalue weighted by Crippen LogP contribution is 2.46. The standard InChI is InChI=1S/C26H31FN2O4S/c1-24(2)19-14-17(21(30)16-26(5)9-12-34(32,33)13-10-26)6-7-20(19)29(23(24)31)22-15-18(8-11-28-22)25(3,4)27/h6-8,11,14-15H,9-10,12-13,16H2,1-5H3. The third-order valence-corrected chi connectivity index (χ3v) is 8.90. The lowest BCUT2D eigenvalue weighted by Crippen LogP contribution is -2.34. The lowest BCUT2D eigenvalue weighted by molar-refractivity contribution is -0.121. The SMILES string of the molecule is CC1(CC(=O)c2ccc3c(c2)C(C)(C)C(=O)N3c2cc(C(C)(C)F)ccn2)CCS(=O)(=O)CC1. The maximum Gasteiger partial charge on any atom is 0.242 e. The van der Waals surface area contributed by atoms with Gasteiger partial charge in [0.05, 0.1) is 22.6 Å². The largest absolute Gasteiger partial charge is 0.294 e. The number of amides is 1. The van der Waals surface area contributed by atoms with Crippen LogP contribution >= 0.6 is 0 Å². The molecule has 0 aliphatic carbocycles. The number of alkyl halides is 1. The quantitative estimate of drug-likeness (QED) is 0.554. The second kappa shape index (κ2) is 7.97. The van der Waals surface area contributed by atoms with Crippen molar-refractivity contribution < 1.29 is 22.4 Å². The fraction of sp³-hybridized carbons (Fsp3) is 0.500. The molecule has 182 valence electrons. The number of nitrogens with zero attached hydrogens (tertiary/aromatic N) is 2. The van der Waals surface area contributed by atoms with E-state index in [1.54, 1.807) is 44.2 Å². The molecule has 1 aromatic heterocycles. The molecule has 4 rings (SSSR count). The molecule has 0 spiro atoms. The summed E-state index contributed by atoms with van der Waals surface area (Å²) in [5, 5.41) is 0. The first-order valence-corrected chi connectivity index (χ1v) is 13.3. The van der Waals surface area contributed by atoms with Gasteiger partial charge in [-0.25, -0.2) is 17.8 Å². The molecule has 3 heterocycles. The second-order valence-corrected chi connectivity index (χ2v) is 13.2. The summed E-state index contributed by atoms with van der Waals surface area (Å²) in [6, 6.07) is 8.39. The van der Waals surface area contributed by atoms with Gasteiger partial charge in [0.2, 0.25) is 5.91 Å². The number of ketones is 1. The minimum absolute atomic E-state index is 0.0643. The molecule has 0 saturated carbocycles. The van der Waals surface area contributed by atoms with Gasteiger partial charge in [-0.2, -0.15) is 0 Å². The number of hydrogen-bond acceptors (Lipinski definition) is 5. The number of anilines is 2. The fourth-order valence-corrected chi connectivity index (χ4v) is 6.56. The van der Waals surface area contributed by atoms with Crippen LogP contribution in [-0.4, -0.2) is 36.6 Å². The summed E-state index contributed by atoms with van der Waals surface area (Å²) in [4.78, 5) is 32.4. The Kier molecular flexibility index (Phi) is 5.75. The molecule has 2 aromatic rings. The van der Waals surface area contributed by atoms with Gasteiger partial charge in [-0.3, -0.25) is 14.5 Å². The van der Waals surface area contributed by atoms with E-state index in [1.165, 1.54) is 24.9 Å². The Morgan fingerprint density at radius 3 is 2.38 bits per heavy atom. The molecule has 6 nitrogen and oxygen atoms in total. The van der Waals surface area contributed by atoms with Crippen LogP contribution in [0.1, 0.15) is 75.4 Å². The number of benzene rings is 1. The van der Waals surface area contributed by atoms with Crippen LogP contribution in [0.15, 0.2) is 36.5 Å². The van der Waals surface area contributed by atoms with Crippen LogP contribution in [0, 0.1) is 5.41 Å². The van der Waals surface area contributed by atoms with E-state index in [2.05, 4.69) is 4.98 Å². The van der Waals surface area contributed by atoms with Crippen LogP contribution in [0.25, 0.3) is 0 Å². The van der Waals surface area contributed by atoms with Crippen molar-refractivity contribution in [3.05, 3.63) is 53.2 Å². The molecule has 1 aromatic carbocycles. The normalized spacial score (nSPS) is 20.8. The molecule has 2 aliphatic rings. The minimum Gasteiger partial charge on any atom is -0.294 e. The molecule has 8 heteroatoms. The maximum atomic E-state index is 14.5. The summed E-state index contributed by atoms with van der Waals surface area (Å²) < 4.78 is 38.1. The van der Waals surface area contributed by atoms with E-state index in [9.17, 15) is 22.4 Å². The van der Waals surface area contributed by atoms with Crippen molar-refractivity contribution in [1.82, 2.24) is 4.98 Å². The highest BCUT2D eigenvalue weighted by atomic mass is 32.2. The number of rotatable bonds is 5. The Morgan fingerprint density at radius 2 is 1.76 bits per heavy atom. The summed E-state index contributed by atoms with van der Waals surface area (Å²) in [6.45, 7) is 8.48. The zero-order chi connectivity index (χ0) is 25.1. The molecule has 1 amide bonds. The summed E-state index contributed by atoms with van der Waals surface area (Å²) in [7, 11) is -3.01. The average molecular weight is 487 g/mol. The summed E-state index contributed by atoms with van der Waals surface area (Å²) >= 11 is 0. The van der Waals surface area contributed by atoms with Crippen LogP contribution in [0.5, 0.6) is 0 Å². The van der Waals surface area contributed by atoms with Crippen LogP contribution in [0.2, 0.25) is 0 Å². The van der Waals surface area contributed by atoms with Gasteiger partial charge in [-0.1, -0.05) is 6.92 Å². The number of fused-ring (bicyclic) bond motifs is 1. The second-order valence-electron chi connectivity index (χ2n) is 10.9. The minimum atomic E-state index is -3.01. The first-order chi connectivity index (χ1) is 15.6. The predicted molar refractivity (Wildman–Crippen MR) is 130 cm³/mol. The van der Waals surface area contributed by atoms with Gasteiger partial charge in [-0.05, 0) is 87.4 Å². The van der Waals surface area contributed by atoms with Crippen molar-refractivity contribution in [3.63, 3.8) is 0 Å². The van der Waals surface area contributed by atoms with Crippen molar-refractivity contribution in [2.75, 3.05) is 16.4 Å². The molecule has 0 unspecified atom stereocenters. The van der Waals surface area contributed by atoms with Crippen molar-refractivity contribution in [1.29, 1.82) is 0 Å². The van der Waals surface area contributed by atoms with Crippen LogP contribution in [0.3, 0.4) is 0 Å². The highest BCUT2D eigenvalue weighted by molar-refractivity contribution is 7.91. The lowest BCUT2D eigenvalue weighted by atomic mass is 9.78. The number of pyridine rings is 1. The molecule has 0 bridgehead atoms. The Labute approximate surface area is 200 Å². The summed E-state index contributed by atoms with van der Waals surface area (Å²) in [5.74, 6) is 0.303. The molecule has 1 saturated heterocycles. The maximum absolute atomic E-state index is 14.5. The summed E-state index contributed by atoms with van der Waals surface area (Å²) in [5.41, 5.74) is -0.563. The topological polar surface area (TPSA) is 84.4 Å². The highest BCUT2D eigenvalue weighted by Gasteiger charge is 2.46. The molecule has 0 atom stereocenters. The van der Waals surface area contributed by atoms with Gasteiger partial charge in [0.1, 0.15) is 21.3 Å². The number of carbonyl (C=O) groups excluding carboxylic acids is 2. The number of carbonyl (C=O) groups is 2. The van der Waals surface area contributed by atoms with Gasteiger partial charge in [0.15, 0.2) is 5.78 Å². The summed E-state index contributed by atoms with van der Waals surface area (Å²) in [6.07, 6.45) is 2.69.